The lowest BCUT2D eigenvalue weighted by molar-refractivity contribution is 0.953. The standard InChI is InChI=1S/C102H66N8/c1-7-24-67(25-8-1)71-42-44-76(45-43-71)86-64-90(78-54-46-72(47-55-78)68-26-9-2-10-27-68)96-92(66-86)88-39-20-22-41-94(88)110(96)101-105-97(79-34-17-6-18-35-79)103-98(106-101)81-58-50-74(51-59-81)83-36-23-37-84(62-83)75-52-60-82(61-53-75)100-104-99(80-56-48-73(49-57-80)69-28-11-3-12-29-69)107-102(108-100)109-93-40-21-19-38-87(93)91-65-85(70-30-13-4-14-31-70)63-89(95(91)109)77-32-15-5-16-33-77/h1-66H. The quantitative estimate of drug-likeness (QED) is 0.102. The van der Waals surface area contributed by atoms with Gasteiger partial charge in [0.1, 0.15) is 0 Å². The third-order valence-corrected chi connectivity index (χ3v) is 21.1. The van der Waals surface area contributed by atoms with Crippen molar-refractivity contribution >= 4 is 43.6 Å². The summed E-state index contributed by atoms with van der Waals surface area (Å²) in [6.45, 7) is 0. The van der Waals surface area contributed by atoms with Crippen molar-refractivity contribution in [2.75, 3.05) is 0 Å². The molecular formula is C102H66N8. The predicted molar refractivity (Wildman–Crippen MR) is 453 cm³/mol. The van der Waals surface area contributed by atoms with Crippen LogP contribution in [-0.4, -0.2) is 39.0 Å². The Morgan fingerprint density at radius 2 is 0.373 bits per heavy atom. The van der Waals surface area contributed by atoms with Crippen LogP contribution in [-0.2, 0) is 0 Å². The van der Waals surface area contributed by atoms with E-state index in [2.05, 4.69) is 385 Å². The van der Waals surface area contributed by atoms with Gasteiger partial charge in [0.15, 0.2) is 23.3 Å². The minimum Gasteiger partial charge on any atom is -0.277 e. The Balaban J connectivity index is 0.665. The number of benzene rings is 16. The molecule has 8 nitrogen and oxygen atoms in total. The Bertz CT molecular complexity index is 6790. The lowest BCUT2D eigenvalue weighted by atomic mass is 9.93. The minimum absolute atomic E-state index is 0.522. The lowest BCUT2D eigenvalue weighted by Crippen LogP contribution is -2.07. The van der Waals surface area contributed by atoms with Crippen molar-refractivity contribution in [3.63, 3.8) is 0 Å². The molecule has 0 unspecified atom stereocenters. The highest BCUT2D eigenvalue weighted by Crippen LogP contribution is 2.45. The van der Waals surface area contributed by atoms with Gasteiger partial charge in [0.2, 0.25) is 11.9 Å². The van der Waals surface area contributed by atoms with Crippen molar-refractivity contribution in [1.29, 1.82) is 0 Å². The van der Waals surface area contributed by atoms with E-state index < -0.39 is 0 Å². The van der Waals surface area contributed by atoms with Gasteiger partial charge in [0.05, 0.1) is 22.1 Å². The van der Waals surface area contributed by atoms with Gasteiger partial charge in [-0.15, -0.1) is 0 Å². The number of rotatable bonds is 15. The number of hydrogen-bond acceptors (Lipinski definition) is 6. The van der Waals surface area contributed by atoms with Crippen molar-refractivity contribution < 1.29 is 0 Å². The van der Waals surface area contributed by atoms with Gasteiger partial charge in [-0.2, -0.15) is 19.9 Å². The summed E-state index contributed by atoms with van der Waals surface area (Å²) in [5, 5.41) is 4.40. The second-order valence-corrected chi connectivity index (χ2v) is 27.8. The van der Waals surface area contributed by atoms with Gasteiger partial charge >= 0.3 is 0 Å². The molecule has 0 aliphatic heterocycles. The first-order valence-corrected chi connectivity index (χ1v) is 37.1. The van der Waals surface area contributed by atoms with Crippen LogP contribution in [0, 0.1) is 0 Å². The van der Waals surface area contributed by atoms with Crippen LogP contribution < -0.4 is 0 Å². The number of fused-ring (bicyclic) bond motifs is 6. The zero-order chi connectivity index (χ0) is 72.9. The summed E-state index contributed by atoms with van der Waals surface area (Å²) in [7, 11) is 0. The van der Waals surface area contributed by atoms with E-state index in [1.165, 1.54) is 16.7 Å². The summed E-state index contributed by atoms with van der Waals surface area (Å²) in [6, 6.07) is 142. The van der Waals surface area contributed by atoms with Gasteiger partial charge in [-0.1, -0.05) is 358 Å². The average molecular weight is 1400 g/mol. The molecule has 20 rings (SSSR count). The fourth-order valence-electron chi connectivity index (χ4n) is 15.6. The monoisotopic (exact) mass is 1400 g/mol. The van der Waals surface area contributed by atoms with Gasteiger partial charge in [0, 0.05) is 54.9 Å². The van der Waals surface area contributed by atoms with Crippen molar-refractivity contribution in [2.45, 2.75) is 0 Å². The van der Waals surface area contributed by atoms with E-state index >= 15 is 0 Å². The van der Waals surface area contributed by atoms with Crippen molar-refractivity contribution in [3.05, 3.63) is 400 Å². The van der Waals surface area contributed by atoms with Gasteiger partial charge in [-0.05, 0) is 131 Å². The molecule has 0 atom stereocenters. The molecule has 0 saturated carbocycles. The molecule has 16 aromatic carbocycles. The smallest absolute Gasteiger partial charge is 0.238 e. The van der Waals surface area contributed by atoms with Gasteiger partial charge in [-0.3, -0.25) is 9.13 Å². The first kappa shape index (κ1) is 64.7. The number of para-hydroxylation sites is 2. The summed E-state index contributed by atoms with van der Waals surface area (Å²) < 4.78 is 4.49. The molecule has 0 aliphatic carbocycles. The number of hydrogen-bond donors (Lipinski definition) is 0. The molecule has 20 aromatic rings. The van der Waals surface area contributed by atoms with Crippen molar-refractivity contribution in [3.8, 4) is 158 Å². The first-order valence-electron chi connectivity index (χ1n) is 37.1. The zero-order valence-corrected chi connectivity index (χ0v) is 59.7. The second-order valence-electron chi connectivity index (χ2n) is 27.8. The average Bonchev–Trinajstić information content (AvgIpc) is 1.56. The molecule has 8 heteroatoms. The molecule has 4 aromatic heterocycles. The SMILES string of the molecule is c1ccc(-c2ccc(-c3cc(-c4ccc(-c5ccccc5)cc4)c4c(c3)c3ccccc3n4-c3nc(-c4ccccc4)nc(-c4ccc(-c5cccc(-c6ccc(-c7nc(-c8ccc(-c9ccccc9)cc8)nc(-n8c9ccccc9c9cc(-c%10ccccc%10)cc(-c%10ccccc%10)c98)n7)cc6)c5)cc4)n3)cc2)cc1. The van der Waals surface area contributed by atoms with Crippen LogP contribution in [0.4, 0.5) is 0 Å². The summed E-state index contributed by atoms with van der Waals surface area (Å²) in [5.41, 5.74) is 27.5. The number of aromatic nitrogens is 8. The van der Waals surface area contributed by atoms with Gasteiger partial charge in [-0.25, -0.2) is 9.97 Å². The maximum absolute atomic E-state index is 5.49. The Kier molecular flexibility index (Phi) is 16.4. The highest BCUT2D eigenvalue weighted by molar-refractivity contribution is 6.16. The molecule has 0 amide bonds. The molecule has 110 heavy (non-hydrogen) atoms. The second kappa shape index (κ2) is 27.9. The van der Waals surface area contributed by atoms with Crippen LogP contribution in [0.2, 0.25) is 0 Å². The van der Waals surface area contributed by atoms with Crippen molar-refractivity contribution in [2.24, 2.45) is 0 Å². The van der Waals surface area contributed by atoms with Crippen LogP contribution in [0.3, 0.4) is 0 Å². The topological polar surface area (TPSA) is 87.2 Å². The first-order chi connectivity index (χ1) is 54.5. The molecular weight excluding hydrogens is 1340 g/mol. The fourth-order valence-corrected chi connectivity index (χ4v) is 15.6. The van der Waals surface area contributed by atoms with Crippen LogP contribution in [0.15, 0.2) is 400 Å². The molecule has 0 aliphatic rings. The third kappa shape index (κ3) is 12.1. The Hall–Kier alpha value is -14.9. The zero-order valence-electron chi connectivity index (χ0n) is 59.7. The molecule has 0 bridgehead atoms. The van der Waals surface area contributed by atoms with E-state index in [4.69, 9.17) is 29.9 Å². The maximum Gasteiger partial charge on any atom is 0.238 e. The summed E-state index contributed by atoms with van der Waals surface area (Å²) >= 11 is 0. The van der Waals surface area contributed by atoms with E-state index in [1.54, 1.807) is 0 Å². The Morgan fingerprint density at radius 3 is 0.718 bits per heavy atom. The van der Waals surface area contributed by atoms with Crippen LogP contribution >= 0.6 is 0 Å². The maximum atomic E-state index is 5.49. The van der Waals surface area contributed by atoms with E-state index in [-0.39, 0.29) is 0 Å². The van der Waals surface area contributed by atoms with E-state index in [0.717, 1.165) is 149 Å². The van der Waals surface area contributed by atoms with Crippen LogP contribution in [0.5, 0.6) is 0 Å². The fraction of sp³-hybridized carbons (Fsp3) is 0. The summed E-state index contributed by atoms with van der Waals surface area (Å²) in [5.74, 6) is 3.32. The van der Waals surface area contributed by atoms with Gasteiger partial charge in [0.25, 0.3) is 0 Å². The number of nitrogens with zero attached hydrogens (tertiary/aromatic N) is 8. The van der Waals surface area contributed by atoms with Crippen LogP contribution in [0.1, 0.15) is 0 Å². The largest absolute Gasteiger partial charge is 0.277 e. The Morgan fingerprint density at radius 1 is 0.145 bits per heavy atom. The normalized spacial score (nSPS) is 11.5. The minimum atomic E-state index is 0.522. The molecule has 0 fully saturated rings. The summed E-state index contributed by atoms with van der Waals surface area (Å²) in [4.78, 5) is 32.4. The lowest BCUT2D eigenvalue weighted by Gasteiger charge is -2.15. The predicted octanol–water partition coefficient (Wildman–Crippen LogP) is 25.9. The van der Waals surface area contributed by atoms with E-state index in [1.807, 2.05) is 24.3 Å². The third-order valence-electron chi connectivity index (χ3n) is 21.1. The molecule has 0 saturated heterocycles. The van der Waals surface area contributed by atoms with Gasteiger partial charge < -0.3 is 0 Å². The van der Waals surface area contributed by atoms with E-state index in [9.17, 15) is 0 Å². The molecule has 0 N–H and O–H groups in total. The highest BCUT2D eigenvalue weighted by atomic mass is 15.2. The molecule has 0 radical (unpaired) electrons. The highest BCUT2D eigenvalue weighted by Gasteiger charge is 2.25. The van der Waals surface area contributed by atoms with Crippen LogP contribution in [0.25, 0.3) is 201 Å². The van der Waals surface area contributed by atoms with E-state index in [0.29, 0.717) is 35.2 Å². The molecule has 514 valence electrons. The van der Waals surface area contributed by atoms with Crippen molar-refractivity contribution in [1.82, 2.24) is 39.0 Å². The molecule has 4 heterocycles. The molecule has 0 spiro atoms. The summed E-state index contributed by atoms with van der Waals surface area (Å²) in [6.07, 6.45) is 0. The Labute approximate surface area is 636 Å².